The number of halogens is 2. The summed E-state index contributed by atoms with van der Waals surface area (Å²) in [5.41, 5.74) is 0.215. The molecular weight excluding hydrogens is 246 g/mol. The fourth-order valence-corrected chi connectivity index (χ4v) is 4.69. The number of ketones is 1. The maximum absolute atomic E-state index is 13.9. The average Bonchev–Trinajstić information content (AvgIpc) is 2.81. The molecule has 0 amide bonds. The number of fused-ring (bicyclic) bond motifs is 5. The van der Waals surface area contributed by atoms with Crippen LogP contribution in [0.5, 0.6) is 0 Å². The van der Waals surface area contributed by atoms with Crippen molar-refractivity contribution in [2.24, 2.45) is 29.6 Å². The van der Waals surface area contributed by atoms with Gasteiger partial charge in [-0.05, 0) is 67.6 Å². The number of Topliss-reactive ketones (excluding diaryl/α,β-unsaturated/α-hetero) is 1. The molecule has 4 atom stereocenters. The molecule has 19 heavy (non-hydrogen) atoms. The van der Waals surface area contributed by atoms with E-state index in [0.29, 0.717) is 23.7 Å². The van der Waals surface area contributed by atoms with E-state index in [0.717, 1.165) is 12.1 Å². The summed E-state index contributed by atoms with van der Waals surface area (Å²) >= 11 is 0. The molecule has 4 unspecified atom stereocenters. The fraction of sp³-hybridized carbons (Fsp3) is 0.562. The number of carbonyl (C=O) groups is 1. The van der Waals surface area contributed by atoms with Gasteiger partial charge in [0.15, 0.2) is 5.78 Å². The number of rotatable bonds is 2. The third-order valence-electron chi connectivity index (χ3n) is 5.55. The number of aryl methyl sites for hydroxylation is 1. The van der Waals surface area contributed by atoms with Crippen LogP contribution < -0.4 is 0 Å². The zero-order valence-electron chi connectivity index (χ0n) is 10.8. The summed E-state index contributed by atoms with van der Waals surface area (Å²) in [5, 5.41) is 0. The van der Waals surface area contributed by atoms with Crippen LogP contribution in [0.25, 0.3) is 0 Å². The van der Waals surface area contributed by atoms with Crippen molar-refractivity contribution in [3.05, 3.63) is 34.9 Å². The van der Waals surface area contributed by atoms with E-state index in [1.165, 1.54) is 26.2 Å². The van der Waals surface area contributed by atoms with Gasteiger partial charge in [-0.15, -0.1) is 0 Å². The van der Waals surface area contributed by atoms with E-state index < -0.39 is 11.6 Å². The highest BCUT2D eigenvalue weighted by Crippen LogP contribution is 2.69. The van der Waals surface area contributed by atoms with Crippen molar-refractivity contribution in [1.82, 2.24) is 0 Å². The Kier molecular flexibility index (Phi) is 2.22. The molecule has 3 saturated carbocycles. The molecular formula is C16H16F2O. The highest BCUT2D eigenvalue weighted by Gasteiger charge is 2.67. The molecule has 0 aromatic heterocycles. The Bertz CT molecular complexity index is 564. The first kappa shape index (κ1) is 11.6. The van der Waals surface area contributed by atoms with Crippen LogP contribution in [0.15, 0.2) is 12.1 Å². The Morgan fingerprint density at radius 2 is 1.74 bits per heavy atom. The van der Waals surface area contributed by atoms with Crippen LogP contribution in [0, 0.1) is 48.1 Å². The topological polar surface area (TPSA) is 17.1 Å². The summed E-state index contributed by atoms with van der Waals surface area (Å²) in [6.07, 6.45) is 3.70. The molecule has 1 nitrogen and oxygen atoms in total. The Hall–Kier alpha value is -1.25. The zero-order valence-corrected chi connectivity index (χ0v) is 10.8. The minimum atomic E-state index is -0.568. The monoisotopic (exact) mass is 262 g/mol. The molecule has 2 bridgehead atoms. The van der Waals surface area contributed by atoms with Gasteiger partial charge in [-0.1, -0.05) is 0 Å². The second-order valence-corrected chi connectivity index (χ2v) is 6.46. The van der Waals surface area contributed by atoms with E-state index in [1.807, 2.05) is 0 Å². The Morgan fingerprint density at radius 3 is 2.37 bits per heavy atom. The van der Waals surface area contributed by atoms with Gasteiger partial charge in [0.2, 0.25) is 0 Å². The second kappa shape index (κ2) is 3.65. The number of benzene rings is 1. The lowest BCUT2D eigenvalue weighted by molar-refractivity contribution is 0.0940. The van der Waals surface area contributed by atoms with E-state index in [2.05, 4.69) is 0 Å². The maximum atomic E-state index is 13.9. The van der Waals surface area contributed by atoms with Gasteiger partial charge in [0.25, 0.3) is 0 Å². The molecule has 0 radical (unpaired) electrons. The van der Waals surface area contributed by atoms with Gasteiger partial charge in [-0.3, -0.25) is 4.79 Å². The molecule has 100 valence electrons. The molecule has 3 heteroatoms. The Morgan fingerprint density at radius 1 is 1.11 bits per heavy atom. The summed E-state index contributed by atoms with van der Waals surface area (Å²) in [6, 6.07) is 2.22. The van der Waals surface area contributed by atoms with Gasteiger partial charge in [-0.25, -0.2) is 8.78 Å². The summed E-state index contributed by atoms with van der Waals surface area (Å²) in [5.74, 6) is 1.03. The van der Waals surface area contributed by atoms with Crippen LogP contribution in [0.3, 0.4) is 0 Å². The normalized spacial score (nSPS) is 38.4. The van der Waals surface area contributed by atoms with Gasteiger partial charge >= 0.3 is 0 Å². The molecule has 1 aromatic rings. The predicted molar refractivity (Wildman–Crippen MR) is 66.7 cm³/mol. The van der Waals surface area contributed by atoms with E-state index in [1.54, 1.807) is 0 Å². The van der Waals surface area contributed by atoms with Gasteiger partial charge in [-0.2, -0.15) is 0 Å². The van der Waals surface area contributed by atoms with Gasteiger partial charge in [0, 0.05) is 5.92 Å². The van der Waals surface area contributed by atoms with Crippen molar-refractivity contribution >= 4 is 5.78 Å². The zero-order chi connectivity index (χ0) is 13.3. The average molecular weight is 262 g/mol. The van der Waals surface area contributed by atoms with Crippen LogP contribution in [-0.4, -0.2) is 5.78 Å². The predicted octanol–water partition coefficient (Wildman–Crippen LogP) is 3.75. The molecule has 3 aliphatic carbocycles. The van der Waals surface area contributed by atoms with Gasteiger partial charge in [0.1, 0.15) is 11.6 Å². The Labute approximate surface area is 111 Å². The minimum Gasteiger partial charge on any atom is -0.294 e. The van der Waals surface area contributed by atoms with Crippen LogP contribution in [0.2, 0.25) is 0 Å². The first-order valence-corrected chi connectivity index (χ1v) is 7.08. The van der Waals surface area contributed by atoms with Crippen LogP contribution >= 0.6 is 0 Å². The van der Waals surface area contributed by atoms with E-state index in [4.69, 9.17) is 0 Å². The third kappa shape index (κ3) is 1.47. The molecule has 0 saturated heterocycles. The number of hydrogen-bond donors (Lipinski definition) is 0. The Balaban J connectivity index is 1.64. The quantitative estimate of drug-likeness (QED) is 0.742. The molecule has 0 spiro atoms. The highest BCUT2D eigenvalue weighted by molar-refractivity contribution is 6.00. The smallest absolute Gasteiger partial charge is 0.169 e. The largest absolute Gasteiger partial charge is 0.294 e. The minimum absolute atomic E-state index is 0.0251. The van der Waals surface area contributed by atoms with E-state index in [9.17, 15) is 13.6 Å². The second-order valence-electron chi connectivity index (χ2n) is 6.46. The molecule has 0 aliphatic heterocycles. The lowest BCUT2D eigenvalue weighted by Gasteiger charge is -2.09. The van der Waals surface area contributed by atoms with Crippen molar-refractivity contribution in [2.75, 3.05) is 0 Å². The summed E-state index contributed by atoms with van der Waals surface area (Å²) in [4.78, 5) is 12.4. The summed E-state index contributed by atoms with van der Waals surface area (Å²) in [6.45, 7) is 1.51. The van der Waals surface area contributed by atoms with E-state index in [-0.39, 0.29) is 22.8 Å². The van der Waals surface area contributed by atoms with Crippen molar-refractivity contribution in [3.63, 3.8) is 0 Å². The van der Waals surface area contributed by atoms with Crippen molar-refractivity contribution < 1.29 is 13.6 Å². The molecule has 0 heterocycles. The summed E-state index contributed by atoms with van der Waals surface area (Å²) < 4.78 is 27.4. The van der Waals surface area contributed by atoms with Gasteiger partial charge < -0.3 is 0 Å². The van der Waals surface area contributed by atoms with Crippen LogP contribution in [0.4, 0.5) is 8.78 Å². The molecule has 0 N–H and O–H groups in total. The third-order valence-corrected chi connectivity index (χ3v) is 5.55. The molecule has 3 aliphatic rings. The molecule has 4 rings (SSSR count). The van der Waals surface area contributed by atoms with Crippen LogP contribution in [-0.2, 0) is 0 Å². The van der Waals surface area contributed by atoms with Crippen molar-refractivity contribution in [3.8, 4) is 0 Å². The van der Waals surface area contributed by atoms with Crippen LogP contribution in [0.1, 0.15) is 35.2 Å². The lowest BCUT2D eigenvalue weighted by atomic mass is 9.95. The molecule has 3 fully saturated rings. The first-order valence-electron chi connectivity index (χ1n) is 7.08. The highest BCUT2D eigenvalue weighted by atomic mass is 19.1. The maximum Gasteiger partial charge on any atom is 0.169 e. The standard InChI is InChI=1S/C16H16F2O/c1-7-4-12(18)10(6-11(7)17)16(19)15-13-8-2-3-9(5-8)14(13)15/h4,6,8-9,13-15H,2-3,5H2,1H3. The fourth-order valence-electron chi connectivity index (χ4n) is 4.69. The van der Waals surface area contributed by atoms with Crippen molar-refractivity contribution in [1.29, 1.82) is 0 Å². The molecule has 1 aromatic carbocycles. The number of hydrogen-bond acceptors (Lipinski definition) is 1. The summed E-state index contributed by atoms with van der Waals surface area (Å²) in [7, 11) is 0. The lowest BCUT2D eigenvalue weighted by Crippen LogP contribution is -2.12. The van der Waals surface area contributed by atoms with Gasteiger partial charge in [0.05, 0.1) is 5.56 Å². The van der Waals surface area contributed by atoms with Crippen molar-refractivity contribution in [2.45, 2.75) is 26.2 Å². The first-order chi connectivity index (χ1) is 9.08. The van der Waals surface area contributed by atoms with E-state index >= 15 is 0 Å². The number of carbonyl (C=O) groups excluding carboxylic acids is 1. The SMILES string of the molecule is Cc1cc(F)c(C(=O)C2C3C4CCC(C4)C23)cc1F.